The number of hydrogen-bond acceptors (Lipinski definition) is 3. The highest BCUT2D eigenvalue weighted by molar-refractivity contribution is 7.99. The summed E-state index contributed by atoms with van der Waals surface area (Å²) in [4.78, 5) is 1.34. The summed E-state index contributed by atoms with van der Waals surface area (Å²) in [5.74, 6) is 0.934. The quantitative estimate of drug-likeness (QED) is 0.761. The Morgan fingerprint density at radius 2 is 2.18 bits per heavy atom. The fourth-order valence-corrected chi connectivity index (χ4v) is 3.31. The van der Waals surface area contributed by atoms with Gasteiger partial charge in [-0.1, -0.05) is 13.0 Å². The van der Waals surface area contributed by atoms with E-state index in [1.54, 1.807) is 0 Å². The molecule has 1 unspecified atom stereocenters. The van der Waals surface area contributed by atoms with Crippen LogP contribution >= 0.6 is 11.8 Å². The van der Waals surface area contributed by atoms with Crippen LogP contribution in [0.1, 0.15) is 24.5 Å². The van der Waals surface area contributed by atoms with Crippen molar-refractivity contribution in [1.29, 1.82) is 0 Å². The van der Waals surface area contributed by atoms with Gasteiger partial charge in [0.25, 0.3) is 0 Å². The van der Waals surface area contributed by atoms with Crippen LogP contribution in [0.3, 0.4) is 0 Å². The number of likely N-dealkylation sites (N-methyl/N-ethyl adjacent to an activating group) is 1. The predicted molar refractivity (Wildman–Crippen MR) is 73.7 cm³/mol. The molecular formula is C14H21NOS. The third kappa shape index (κ3) is 3.47. The lowest BCUT2D eigenvalue weighted by Gasteiger charge is -2.14. The van der Waals surface area contributed by atoms with Gasteiger partial charge in [-0.05, 0) is 49.1 Å². The molecule has 1 aromatic rings. The fourth-order valence-electron chi connectivity index (χ4n) is 2.30. The first-order valence-electron chi connectivity index (χ1n) is 6.42. The molecule has 3 heteroatoms. The highest BCUT2D eigenvalue weighted by atomic mass is 32.2. The first-order chi connectivity index (χ1) is 8.33. The van der Waals surface area contributed by atoms with E-state index in [1.165, 1.54) is 35.3 Å². The molecule has 1 aromatic carbocycles. The molecule has 2 nitrogen and oxygen atoms in total. The van der Waals surface area contributed by atoms with Gasteiger partial charge in [0.05, 0.1) is 6.61 Å². The van der Waals surface area contributed by atoms with Crippen molar-refractivity contribution < 1.29 is 5.11 Å². The van der Waals surface area contributed by atoms with E-state index in [9.17, 15) is 5.11 Å². The molecule has 0 heterocycles. The Balaban J connectivity index is 1.90. The maximum absolute atomic E-state index is 9.21. The van der Waals surface area contributed by atoms with Gasteiger partial charge in [0, 0.05) is 16.7 Å². The molecule has 0 aromatic heterocycles. The lowest BCUT2D eigenvalue weighted by molar-refractivity contribution is 0.255. The maximum Gasteiger partial charge on any atom is 0.0592 e. The Labute approximate surface area is 108 Å². The second-order valence-electron chi connectivity index (χ2n) is 4.53. The van der Waals surface area contributed by atoms with Crippen LogP contribution in [0.25, 0.3) is 0 Å². The largest absolute Gasteiger partial charge is 0.395 e. The number of rotatable bonds is 6. The maximum atomic E-state index is 9.21. The van der Waals surface area contributed by atoms with Crippen molar-refractivity contribution in [3.63, 3.8) is 0 Å². The SMILES string of the molecule is CCNC(CO)CSc1ccc2c(c1)CCC2. The average molecular weight is 251 g/mol. The second kappa shape index (κ2) is 6.43. The van der Waals surface area contributed by atoms with Crippen molar-refractivity contribution in [2.75, 3.05) is 18.9 Å². The van der Waals surface area contributed by atoms with E-state index < -0.39 is 0 Å². The zero-order valence-corrected chi connectivity index (χ0v) is 11.2. The van der Waals surface area contributed by atoms with Gasteiger partial charge in [0.1, 0.15) is 0 Å². The Bertz CT molecular complexity index is 367. The minimum absolute atomic E-state index is 0.207. The van der Waals surface area contributed by atoms with E-state index in [0.29, 0.717) is 0 Å². The van der Waals surface area contributed by atoms with E-state index in [-0.39, 0.29) is 12.6 Å². The molecule has 94 valence electrons. The van der Waals surface area contributed by atoms with Gasteiger partial charge in [-0.2, -0.15) is 0 Å². The molecule has 0 aliphatic heterocycles. The van der Waals surface area contributed by atoms with Gasteiger partial charge in [-0.25, -0.2) is 0 Å². The second-order valence-corrected chi connectivity index (χ2v) is 5.63. The zero-order chi connectivity index (χ0) is 12.1. The number of benzene rings is 1. The Hall–Kier alpha value is -0.510. The molecule has 0 saturated carbocycles. The van der Waals surface area contributed by atoms with Gasteiger partial charge in [-0.3, -0.25) is 0 Å². The Morgan fingerprint density at radius 1 is 1.35 bits per heavy atom. The molecule has 17 heavy (non-hydrogen) atoms. The van der Waals surface area contributed by atoms with E-state index in [1.807, 2.05) is 11.8 Å². The zero-order valence-electron chi connectivity index (χ0n) is 10.4. The fraction of sp³-hybridized carbons (Fsp3) is 0.571. The van der Waals surface area contributed by atoms with Gasteiger partial charge >= 0.3 is 0 Å². The minimum Gasteiger partial charge on any atom is -0.395 e. The van der Waals surface area contributed by atoms with E-state index in [0.717, 1.165) is 12.3 Å². The molecule has 1 aliphatic rings. The lowest BCUT2D eigenvalue weighted by atomic mass is 10.1. The summed E-state index contributed by atoms with van der Waals surface area (Å²) in [6, 6.07) is 7.02. The van der Waals surface area contributed by atoms with Crippen LogP contribution in [0.15, 0.2) is 23.1 Å². The van der Waals surface area contributed by atoms with Gasteiger partial charge < -0.3 is 10.4 Å². The van der Waals surface area contributed by atoms with Crippen LogP contribution in [0.4, 0.5) is 0 Å². The third-order valence-corrected chi connectivity index (χ3v) is 4.39. The highest BCUT2D eigenvalue weighted by Crippen LogP contribution is 2.27. The number of nitrogens with one attached hydrogen (secondary N) is 1. The molecule has 2 N–H and O–H groups in total. The number of aryl methyl sites for hydroxylation is 2. The van der Waals surface area contributed by atoms with E-state index in [4.69, 9.17) is 0 Å². The molecule has 0 spiro atoms. The van der Waals surface area contributed by atoms with Gasteiger partial charge in [0.2, 0.25) is 0 Å². The van der Waals surface area contributed by atoms with Crippen molar-refractivity contribution in [1.82, 2.24) is 5.32 Å². The first kappa shape index (κ1) is 12.9. The summed E-state index contributed by atoms with van der Waals surface area (Å²) in [7, 11) is 0. The molecule has 0 amide bonds. The third-order valence-electron chi connectivity index (χ3n) is 3.23. The monoisotopic (exact) mass is 251 g/mol. The number of fused-ring (bicyclic) bond motifs is 1. The molecule has 0 fully saturated rings. The molecule has 2 rings (SSSR count). The standard InChI is InChI=1S/C14H21NOS/c1-2-15-13(9-16)10-17-14-7-6-11-4-3-5-12(11)8-14/h6-8,13,15-16H,2-5,9-10H2,1H3. The number of aliphatic hydroxyl groups excluding tert-OH is 1. The summed E-state index contributed by atoms with van der Waals surface area (Å²) in [6.45, 7) is 3.20. The van der Waals surface area contributed by atoms with E-state index >= 15 is 0 Å². The van der Waals surface area contributed by atoms with Gasteiger partial charge in [0.15, 0.2) is 0 Å². The summed E-state index contributed by atoms with van der Waals surface area (Å²) >= 11 is 1.84. The summed E-state index contributed by atoms with van der Waals surface area (Å²) < 4.78 is 0. The molecular weight excluding hydrogens is 230 g/mol. The minimum atomic E-state index is 0.207. The van der Waals surface area contributed by atoms with Crippen molar-refractivity contribution in [3.8, 4) is 0 Å². The number of hydrogen-bond donors (Lipinski definition) is 2. The van der Waals surface area contributed by atoms with Gasteiger partial charge in [-0.15, -0.1) is 11.8 Å². The Kier molecular flexibility index (Phi) is 4.89. The smallest absolute Gasteiger partial charge is 0.0592 e. The van der Waals surface area contributed by atoms with Crippen LogP contribution in [0.2, 0.25) is 0 Å². The van der Waals surface area contributed by atoms with Crippen molar-refractivity contribution >= 4 is 11.8 Å². The van der Waals surface area contributed by atoms with Crippen LogP contribution in [-0.2, 0) is 12.8 Å². The molecule has 0 radical (unpaired) electrons. The highest BCUT2D eigenvalue weighted by Gasteiger charge is 2.12. The average Bonchev–Trinajstić information content (AvgIpc) is 2.81. The summed E-state index contributed by atoms with van der Waals surface area (Å²) in [6.07, 6.45) is 3.79. The topological polar surface area (TPSA) is 32.3 Å². The van der Waals surface area contributed by atoms with Crippen LogP contribution < -0.4 is 5.32 Å². The predicted octanol–water partition coefficient (Wildman–Crippen LogP) is 2.24. The molecule has 1 atom stereocenters. The summed E-state index contributed by atoms with van der Waals surface area (Å²) in [5, 5.41) is 12.5. The van der Waals surface area contributed by atoms with E-state index in [2.05, 4.69) is 30.4 Å². The molecule has 0 saturated heterocycles. The molecule has 0 bridgehead atoms. The van der Waals surface area contributed by atoms with Crippen molar-refractivity contribution in [2.24, 2.45) is 0 Å². The lowest BCUT2D eigenvalue weighted by Crippen LogP contribution is -2.34. The molecule has 1 aliphatic carbocycles. The van der Waals surface area contributed by atoms with Crippen LogP contribution in [0.5, 0.6) is 0 Å². The first-order valence-corrected chi connectivity index (χ1v) is 7.41. The van der Waals surface area contributed by atoms with Crippen molar-refractivity contribution in [2.45, 2.75) is 37.1 Å². The number of thioether (sulfide) groups is 1. The summed E-state index contributed by atoms with van der Waals surface area (Å²) in [5.41, 5.74) is 3.05. The number of aliphatic hydroxyl groups is 1. The van der Waals surface area contributed by atoms with Crippen LogP contribution in [-0.4, -0.2) is 30.1 Å². The van der Waals surface area contributed by atoms with Crippen LogP contribution in [0, 0.1) is 0 Å². The Morgan fingerprint density at radius 3 is 2.94 bits per heavy atom. The van der Waals surface area contributed by atoms with Crippen molar-refractivity contribution in [3.05, 3.63) is 29.3 Å². The normalized spacial score (nSPS) is 15.9.